The molecule has 2 rings (SSSR count). The molecular formula is C15H30IN3O3S. The van der Waals surface area contributed by atoms with E-state index in [4.69, 9.17) is 4.74 Å². The topological polar surface area (TPSA) is 71.0 Å². The van der Waals surface area contributed by atoms with Crippen molar-refractivity contribution in [1.82, 2.24) is 10.2 Å². The van der Waals surface area contributed by atoms with Gasteiger partial charge in [-0.25, -0.2) is 8.42 Å². The minimum absolute atomic E-state index is 0. The van der Waals surface area contributed by atoms with E-state index < -0.39 is 9.84 Å². The van der Waals surface area contributed by atoms with Gasteiger partial charge in [0.1, 0.15) is 9.84 Å². The number of nitrogens with one attached hydrogen (secondary N) is 1. The molecule has 23 heavy (non-hydrogen) atoms. The molecule has 8 heteroatoms. The van der Waals surface area contributed by atoms with E-state index in [1.54, 1.807) is 0 Å². The molecule has 0 amide bonds. The third kappa shape index (κ3) is 6.74. The van der Waals surface area contributed by atoms with E-state index in [0.717, 1.165) is 19.0 Å². The average molecular weight is 459 g/mol. The number of halogens is 1. The summed E-state index contributed by atoms with van der Waals surface area (Å²) in [6, 6.07) is 0. The second-order valence-corrected chi connectivity index (χ2v) is 8.85. The van der Waals surface area contributed by atoms with Crippen LogP contribution in [0.2, 0.25) is 0 Å². The third-order valence-electron chi connectivity index (χ3n) is 4.74. The summed E-state index contributed by atoms with van der Waals surface area (Å²) in [5.74, 6) is 1.02. The fourth-order valence-corrected chi connectivity index (χ4v) is 3.95. The standard InChI is InChI=1S/C15H29N3O3S.HI/c1-16-14(17-8-10-21-11-12-22(2,19)20)18-9-7-15(13-18)5-3-4-6-15;/h3-13H2,1-2H3,(H,16,17);1H. The molecule has 1 saturated heterocycles. The van der Waals surface area contributed by atoms with Crippen LogP contribution < -0.4 is 5.32 Å². The summed E-state index contributed by atoms with van der Waals surface area (Å²) < 4.78 is 27.3. The zero-order chi connectivity index (χ0) is 16.1. The van der Waals surface area contributed by atoms with Gasteiger partial charge in [-0.2, -0.15) is 0 Å². The first kappa shape index (κ1) is 21.0. The van der Waals surface area contributed by atoms with Crippen molar-refractivity contribution in [3.63, 3.8) is 0 Å². The number of rotatable bonds is 6. The lowest BCUT2D eigenvalue weighted by Crippen LogP contribution is -2.42. The summed E-state index contributed by atoms with van der Waals surface area (Å²) in [6.45, 7) is 3.59. The molecule has 0 atom stereocenters. The lowest BCUT2D eigenvalue weighted by molar-refractivity contribution is 0.153. The number of nitrogens with zero attached hydrogens (tertiary/aromatic N) is 2. The predicted molar refractivity (Wildman–Crippen MR) is 104 cm³/mol. The minimum atomic E-state index is -2.94. The molecule has 0 unspecified atom stereocenters. The van der Waals surface area contributed by atoms with E-state index in [2.05, 4.69) is 15.2 Å². The fraction of sp³-hybridized carbons (Fsp3) is 0.933. The maximum absolute atomic E-state index is 11.0. The van der Waals surface area contributed by atoms with E-state index in [-0.39, 0.29) is 36.3 Å². The minimum Gasteiger partial charge on any atom is -0.379 e. The quantitative estimate of drug-likeness (QED) is 0.282. The molecule has 1 heterocycles. The smallest absolute Gasteiger partial charge is 0.193 e. The van der Waals surface area contributed by atoms with E-state index in [1.165, 1.54) is 38.4 Å². The zero-order valence-electron chi connectivity index (χ0n) is 14.2. The molecule has 136 valence electrons. The molecule has 1 aliphatic heterocycles. The molecular weight excluding hydrogens is 429 g/mol. The Morgan fingerprint density at radius 2 is 1.96 bits per heavy atom. The van der Waals surface area contributed by atoms with Crippen molar-refractivity contribution in [2.24, 2.45) is 10.4 Å². The van der Waals surface area contributed by atoms with E-state index in [0.29, 0.717) is 18.6 Å². The van der Waals surface area contributed by atoms with Gasteiger partial charge >= 0.3 is 0 Å². The van der Waals surface area contributed by atoms with Crippen LogP contribution in [0.5, 0.6) is 0 Å². The van der Waals surface area contributed by atoms with Gasteiger partial charge in [0, 0.05) is 32.9 Å². The molecule has 1 aliphatic carbocycles. The van der Waals surface area contributed by atoms with Crippen LogP contribution in [0.1, 0.15) is 32.1 Å². The monoisotopic (exact) mass is 459 g/mol. The van der Waals surface area contributed by atoms with Crippen molar-refractivity contribution in [3.05, 3.63) is 0 Å². The van der Waals surface area contributed by atoms with Crippen molar-refractivity contribution in [2.45, 2.75) is 32.1 Å². The Hall–Kier alpha value is -0.0900. The van der Waals surface area contributed by atoms with Crippen LogP contribution in [0.25, 0.3) is 0 Å². The van der Waals surface area contributed by atoms with Crippen molar-refractivity contribution >= 4 is 39.8 Å². The van der Waals surface area contributed by atoms with Gasteiger partial charge in [0.15, 0.2) is 5.96 Å². The SMILES string of the molecule is CN=C(NCCOCCS(C)(=O)=O)N1CCC2(CCCC2)C1.I. The first-order valence-corrected chi connectivity index (χ1v) is 10.2. The normalized spacial score (nSPS) is 20.8. The average Bonchev–Trinajstić information content (AvgIpc) is 3.08. The fourth-order valence-electron chi connectivity index (χ4n) is 3.53. The number of sulfone groups is 1. The lowest BCUT2D eigenvalue weighted by atomic mass is 9.86. The maximum Gasteiger partial charge on any atom is 0.193 e. The Morgan fingerprint density at radius 3 is 2.57 bits per heavy atom. The molecule has 2 fully saturated rings. The molecule has 1 saturated carbocycles. The summed E-state index contributed by atoms with van der Waals surface area (Å²) in [7, 11) is -1.12. The van der Waals surface area contributed by atoms with E-state index in [9.17, 15) is 8.42 Å². The Kier molecular flexibility index (Phi) is 8.57. The first-order chi connectivity index (χ1) is 10.4. The van der Waals surface area contributed by atoms with Gasteiger partial charge in [-0.3, -0.25) is 4.99 Å². The van der Waals surface area contributed by atoms with Crippen LogP contribution in [0.4, 0.5) is 0 Å². The maximum atomic E-state index is 11.0. The summed E-state index contributed by atoms with van der Waals surface area (Å²) in [4.78, 5) is 6.71. The van der Waals surface area contributed by atoms with Crippen molar-refractivity contribution in [3.8, 4) is 0 Å². The largest absolute Gasteiger partial charge is 0.379 e. The van der Waals surface area contributed by atoms with Crippen molar-refractivity contribution in [2.75, 3.05) is 51.9 Å². The highest BCUT2D eigenvalue weighted by molar-refractivity contribution is 14.0. The zero-order valence-corrected chi connectivity index (χ0v) is 17.4. The molecule has 0 aromatic heterocycles. The number of hydrogen-bond donors (Lipinski definition) is 1. The Labute approximate surface area is 157 Å². The Balaban J connectivity index is 0.00000264. The molecule has 1 N–H and O–H groups in total. The van der Waals surface area contributed by atoms with Crippen LogP contribution in [-0.2, 0) is 14.6 Å². The second-order valence-electron chi connectivity index (χ2n) is 6.59. The highest BCUT2D eigenvalue weighted by Gasteiger charge is 2.40. The first-order valence-electron chi connectivity index (χ1n) is 8.15. The Bertz CT molecular complexity index is 490. The number of guanidine groups is 1. The van der Waals surface area contributed by atoms with Gasteiger partial charge in [-0.05, 0) is 24.7 Å². The highest BCUT2D eigenvalue weighted by Crippen LogP contribution is 2.45. The van der Waals surface area contributed by atoms with Gasteiger partial charge in [0.05, 0.1) is 19.0 Å². The van der Waals surface area contributed by atoms with Crippen molar-refractivity contribution < 1.29 is 13.2 Å². The Morgan fingerprint density at radius 1 is 1.26 bits per heavy atom. The van der Waals surface area contributed by atoms with E-state index in [1.807, 2.05) is 7.05 Å². The number of likely N-dealkylation sites (tertiary alicyclic amines) is 1. The summed E-state index contributed by atoms with van der Waals surface area (Å²) in [5.41, 5.74) is 0.531. The molecule has 0 radical (unpaired) electrons. The van der Waals surface area contributed by atoms with Crippen molar-refractivity contribution in [1.29, 1.82) is 0 Å². The number of hydrogen-bond acceptors (Lipinski definition) is 4. The molecule has 0 bridgehead atoms. The van der Waals surface area contributed by atoms with Gasteiger partial charge in [-0.15, -0.1) is 24.0 Å². The molecule has 2 aliphatic rings. The molecule has 1 spiro atoms. The summed E-state index contributed by atoms with van der Waals surface area (Å²) in [6.07, 6.45) is 7.95. The molecule has 0 aromatic carbocycles. The van der Waals surface area contributed by atoms with Gasteiger partial charge in [-0.1, -0.05) is 12.8 Å². The summed E-state index contributed by atoms with van der Waals surface area (Å²) in [5, 5.41) is 3.32. The number of ether oxygens (including phenoxy) is 1. The lowest BCUT2D eigenvalue weighted by Gasteiger charge is -2.25. The summed E-state index contributed by atoms with van der Waals surface area (Å²) >= 11 is 0. The van der Waals surface area contributed by atoms with Crippen LogP contribution in [0, 0.1) is 5.41 Å². The van der Waals surface area contributed by atoms with Crippen LogP contribution in [0.3, 0.4) is 0 Å². The predicted octanol–water partition coefficient (Wildman–Crippen LogP) is 1.51. The molecule has 6 nitrogen and oxygen atoms in total. The third-order valence-corrected chi connectivity index (χ3v) is 5.65. The second kappa shape index (κ2) is 9.41. The van der Waals surface area contributed by atoms with Gasteiger partial charge < -0.3 is 15.0 Å². The van der Waals surface area contributed by atoms with Gasteiger partial charge in [0.25, 0.3) is 0 Å². The van der Waals surface area contributed by atoms with E-state index >= 15 is 0 Å². The van der Waals surface area contributed by atoms with Crippen LogP contribution in [0.15, 0.2) is 4.99 Å². The van der Waals surface area contributed by atoms with Crippen LogP contribution in [-0.4, -0.2) is 71.2 Å². The van der Waals surface area contributed by atoms with Crippen LogP contribution >= 0.6 is 24.0 Å². The highest BCUT2D eigenvalue weighted by atomic mass is 127. The number of aliphatic imine (C=N–C) groups is 1. The van der Waals surface area contributed by atoms with Gasteiger partial charge in [0.2, 0.25) is 0 Å². The molecule has 0 aromatic rings.